The number of anilines is 3. The van der Waals surface area contributed by atoms with Gasteiger partial charge in [0.15, 0.2) is 0 Å². The zero-order chi connectivity index (χ0) is 24.6. The van der Waals surface area contributed by atoms with E-state index in [2.05, 4.69) is 47.4 Å². The van der Waals surface area contributed by atoms with Gasteiger partial charge in [0.05, 0.1) is 12.7 Å². The van der Waals surface area contributed by atoms with Crippen LogP contribution in [-0.4, -0.2) is 85.8 Å². The molecular weight excluding hydrogens is 456 g/mol. The number of aliphatic hydroxyl groups excluding tert-OH is 1. The van der Waals surface area contributed by atoms with Crippen molar-refractivity contribution >= 4 is 17.6 Å². The van der Waals surface area contributed by atoms with Crippen LogP contribution >= 0.6 is 0 Å². The Morgan fingerprint density at radius 1 is 0.944 bits per heavy atom. The molecule has 36 heavy (non-hydrogen) atoms. The number of nitrogens with one attached hydrogen (secondary N) is 1. The van der Waals surface area contributed by atoms with Gasteiger partial charge in [-0.05, 0) is 37.3 Å². The summed E-state index contributed by atoms with van der Waals surface area (Å²) in [7, 11) is 0. The molecule has 0 bridgehead atoms. The fourth-order valence-corrected chi connectivity index (χ4v) is 4.76. The van der Waals surface area contributed by atoms with Crippen LogP contribution in [0.1, 0.15) is 36.9 Å². The van der Waals surface area contributed by atoms with Crippen molar-refractivity contribution in [3.05, 3.63) is 48.0 Å². The molecule has 192 valence electrons. The Morgan fingerprint density at radius 3 is 2.44 bits per heavy atom. The van der Waals surface area contributed by atoms with Gasteiger partial charge in [0.2, 0.25) is 5.95 Å². The van der Waals surface area contributed by atoms with Crippen molar-refractivity contribution in [1.29, 1.82) is 0 Å². The predicted octanol–water partition coefficient (Wildman–Crippen LogP) is 1.77. The van der Waals surface area contributed by atoms with Gasteiger partial charge in [-0.25, -0.2) is 0 Å². The maximum absolute atomic E-state index is 9.03. The van der Waals surface area contributed by atoms with Gasteiger partial charge in [0.1, 0.15) is 17.3 Å². The fraction of sp³-hybridized carbons (Fsp3) is 0.560. The van der Waals surface area contributed by atoms with Crippen LogP contribution < -0.4 is 15.1 Å². The monoisotopic (exact) mass is 492 g/mol. The third-order valence-electron chi connectivity index (χ3n) is 6.76. The lowest BCUT2D eigenvalue weighted by molar-refractivity contribution is 0.249. The van der Waals surface area contributed by atoms with E-state index in [0.29, 0.717) is 25.5 Å². The third kappa shape index (κ3) is 6.46. The summed E-state index contributed by atoms with van der Waals surface area (Å²) < 4.78 is 1.76. The van der Waals surface area contributed by atoms with Gasteiger partial charge in [-0.1, -0.05) is 11.3 Å². The summed E-state index contributed by atoms with van der Waals surface area (Å²) in [4.78, 5) is 21.2. The summed E-state index contributed by atoms with van der Waals surface area (Å²) >= 11 is 0. The SMILES string of the molecule is OCCCn1cc(CNc2nc(N3CCCCC3)cc(N3CCN(Cc4cccnc4)CC3)n2)nn1. The standard InChI is InChI=1S/C25H36N10O/c36-15-5-10-35-20-22(30-31-35)18-27-25-28-23(33-8-2-1-3-9-33)16-24(29-25)34-13-11-32(12-14-34)19-21-6-4-7-26-17-21/h4,6-7,16-17,20,36H,1-3,5,8-15,18-19H2,(H,27,28,29). The van der Waals surface area contributed by atoms with E-state index in [-0.39, 0.29) is 6.61 Å². The number of pyridine rings is 1. The first kappa shape index (κ1) is 24.4. The lowest BCUT2D eigenvalue weighted by Crippen LogP contribution is -2.46. The van der Waals surface area contributed by atoms with Crippen molar-refractivity contribution < 1.29 is 5.11 Å². The molecule has 0 unspecified atom stereocenters. The van der Waals surface area contributed by atoms with Crippen LogP contribution in [0.25, 0.3) is 0 Å². The van der Waals surface area contributed by atoms with Crippen LogP contribution in [-0.2, 0) is 19.6 Å². The average Bonchev–Trinajstić information content (AvgIpc) is 3.40. The molecule has 0 saturated carbocycles. The molecule has 2 N–H and O–H groups in total. The summed E-state index contributed by atoms with van der Waals surface area (Å²) in [6.45, 7) is 8.12. The van der Waals surface area contributed by atoms with E-state index in [4.69, 9.17) is 15.1 Å². The Kier molecular flexibility index (Phi) is 8.19. The molecule has 2 saturated heterocycles. The molecule has 2 aliphatic heterocycles. The molecule has 3 aromatic rings. The Bertz CT molecular complexity index is 1080. The quantitative estimate of drug-likeness (QED) is 0.434. The van der Waals surface area contributed by atoms with Crippen molar-refractivity contribution in [2.45, 2.75) is 45.3 Å². The predicted molar refractivity (Wildman–Crippen MR) is 139 cm³/mol. The van der Waals surface area contributed by atoms with Gasteiger partial charge in [-0.3, -0.25) is 14.6 Å². The summed E-state index contributed by atoms with van der Waals surface area (Å²) in [6, 6.07) is 6.29. The highest BCUT2D eigenvalue weighted by Crippen LogP contribution is 2.25. The highest BCUT2D eigenvalue weighted by molar-refractivity contribution is 5.55. The topological polar surface area (TPSA) is 111 Å². The first-order chi connectivity index (χ1) is 17.8. The number of piperidine rings is 1. The molecule has 0 amide bonds. The molecule has 3 aromatic heterocycles. The molecule has 0 radical (unpaired) electrons. The highest BCUT2D eigenvalue weighted by atomic mass is 16.3. The van der Waals surface area contributed by atoms with Crippen LogP contribution in [0.15, 0.2) is 36.8 Å². The molecule has 2 aliphatic rings. The normalized spacial score (nSPS) is 16.9. The molecular formula is C25H36N10O. The molecule has 0 aromatic carbocycles. The van der Waals surface area contributed by atoms with Crippen molar-refractivity contribution in [2.75, 3.05) is 61.0 Å². The van der Waals surface area contributed by atoms with Crippen molar-refractivity contribution in [3.63, 3.8) is 0 Å². The molecule has 0 aliphatic carbocycles. The molecule has 5 heterocycles. The van der Waals surface area contributed by atoms with E-state index < -0.39 is 0 Å². The first-order valence-electron chi connectivity index (χ1n) is 13.0. The fourth-order valence-electron chi connectivity index (χ4n) is 4.76. The smallest absolute Gasteiger partial charge is 0.226 e. The summed E-state index contributed by atoms with van der Waals surface area (Å²) in [6.07, 6.45) is 10.0. The number of aryl methyl sites for hydroxylation is 1. The van der Waals surface area contributed by atoms with Crippen molar-refractivity contribution in [1.82, 2.24) is 34.8 Å². The number of hydrogen-bond acceptors (Lipinski definition) is 10. The number of rotatable bonds is 10. The minimum Gasteiger partial charge on any atom is -0.396 e. The molecule has 0 atom stereocenters. The number of aliphatic hydroxyl groups is 1. The van der Waals surface area contributed by atoms with Gasteiger partial charge < -0.3 is 20.2 Å². The Morgan fingerprint density at radius 2 is 1.72 bits per heavy atom. The lowest BCUT2D eigenvalue weighted by atomic mass is 10.1. The van der Waals surface area contributed by atoms with E-state index in [1.807, 2.05) is 24.7 Å². The van der Waals surface area contributed by atoms with Crippen LogP contribution in [0.5, 0.6) is 0 Å². The van der Waals surface area contributed by atoms with Crippen LogP contribution in [0.4, 0.5) is 17.6 Å². The number of nitrogens with zero attached hydrogens (tertiary/aromatic N) is 9. The molecule has 5 rings (SSSR count). The lowest BCUT2D eigenvalue weighted by Gasteiger charge is -2.36. The summed E-state index contributed by atoms with van der Waals surface area (Å²) in [5.74, 6) is 2.59. The number of piperazine rings is 1. The second-order valence-corrected chi connectivity index (χ2v) is 9.48. The Hall–Kier alpha value is -3.31. The summed E-state index contributed by atoms with van der Waals surface area (Å²) in [5.41, 5.74) is 2.07. The third-order valence-corrected chi connectivity index (χ3v) is 6.76. The maximum atomic E-state index is 9.03. The minimum atomic E-state index is 0.144. The van der Waals surface area contributed by atoms with E-state index in [1.54, 1.807) is 4.68 Å². The van der Waals surface area contributed by atoms with Gasteiger partial charge in [0.25, 0.3) is 0 Å². The molecule has 11 heteroatoms. The van der Waals surface area contributed by atoms with Crippen LogP contribution in [0.2, 0.25) is 0 Å². The number of aromatic nitrogens is 6. The Labute approximate surface area is 212 Å². The first-order valence-corrected chi connectivity index (χ1v) is 13.0. The molecule has 11 nitrogen and oxygen atoms in total. The van der Waals surface area contributed by atoms with E-state index in [9.17, 15) is 0 Å². The van der Waals surface area contributed by atoms with Gasteiger partial charge in [-0.15, -0.1) is 5.10 Å². The number of hydrogen-bond donors (Lipinski definition) is 2. The second kappa shape index (κ2) is 12.1. The van der Waals surface area contributed by atoms with Crippen molar-refractivity contribution in [3.8, 4) is 0 Å². The zero-order valence-electron chi connectivity index (χ0n) is 20.8. The van der Waals surface area contributed by atoms with Crippen LogP contribution in [0, 0.1) is 0 Å². The molecule has 0 spiro atoms. The second-order valence-electron chi connectivity index (χ2n) is 9.48. The van der Waals surface area contributed by atoms with Crippen molar-refractivity contribution in [2.24, 2.45) is 0 Å². The zero-order valence-corrected chi connectivity index (χ0v) is 20.8. The largest absolute Gasteiger partial charge is 0.396 e. The Balaban J connectivity index is 1.26. The van der Waals surface area contributed by atoms with E-state index in [0.717, 1.165) is 63.1 Å². The average molecular weight is 493 g/mol. The highest BCUT2D eigenvalue weighted by Gasteiger charge is 2.21. The van der Waals surface area contributed by atoms with Gasteiger partial charge in [0, 0.05) is 77.4 Å². The van der Waals surface area contributed by atoms with Crippen LogP contribution in [0.3, 0.4) is 0 Å². The van der Waals surface area contributed by atoms with Gasteiger partial charge >= 0.3 is 0 Å². The van der Waals surface area contributed by atoms with E-state index >= 15 is 0 Å². The minimum absolute atomic E-state index is 0.144. The maximum Gasteiger partial charge on any atom is 0.226 e. The van der Waals surface area contributed by atoms with Gasteiger partial charge in [-0.2, -0.15) is 9.97 Å². The molecule has 2 fully saturated rings. The summed E-state index contributed by atoms with van der Waals surface area (Å²) in [5, 5.41) is 20.8. The van der Waals surface area contributed by atoms with E-state index in [1.165, 1.54) is 24.8 Å².